The average molecular weight is 919 g/mol. The highest BCUT2D eigenvalue weighted by atomic mass is 16.5. The van der Waals surface area contributed by atoms with Crippen molar-refractivity contribution in [3.63, 3.8) is 0 Å². The third kappa shape index (κ3) is 8.79. The van der Waals surface area contributed by atoms with Crippen molar-refractivity contribution in [2.24, 2.45) is 10.8 Å². The first-order valence-corrected chi connectivity index (χ1v) is 24.8. The second kappa shape index (κ2) is 17.5. The molecule has 1 aliphatic rings. The Balaban J connectivity index is 1.13. The predicted octanol–water partition coefficient (Wildman–Crippen LogP) is 17.5. The van der Waals surface area contributed by atoms with Gasteiger partial charge in [0.25, 0.3) is 0 Å². The number of hydrogen-bond acceptors (Lipinski definition) is 4. The highest BCUT2D eigenvalue weighted by molar-refractivity contribution is 6.09. The van der Waals surface area contributed by atoms with Gasteiger partial charge in [-0.2, -0.15) is 0 Å². The smallest absolute Gasteiger partial charge is 0.137 e. The summed E-state index contributed by atoms with van der Waals surface area (Å²) in [6.45, 7) is 26.2. The molecule has 352 valence electrons. The van der Waals surface area contributed by atoms with Crippen LogP contribution in [0.1, 0.15) is 92.9 Å². The van der Waals surface area contributed by atoms with E-state index in [9.17, 15) is 0 Å². The number of aromatic nitrogens is 2. The van der Waals surface area contributed by atoms with E-state index in [0.717, 1.165) is 50.6 Å². The standard InChI is InChI=1S/C65H66N4O/c1-62(2,3)49-33-34-66-59(40-49)69-57-30-22-21-29-55(57)56-32-31-53(42-58(56)69)70-54-38-47(45-25-17-13-18-26-45)37-52(41-54)68-43-67(60(63(4,5)6)61(68)64(7,8)9)51-36-46(44-23-15-12-16-24-44)35-50(39-51)65(10,11)48-27-19-14-20-28-48/h12-42H,43H2,1-11H3. The minimum Gasteiger partial charge on any atom is -0.457 e. The monoisotopic (exact) mass is 919 g/mol. The third-order valence-electron chi connectivity index (χ3n) is 14.1. The number of para-hydroxylation sites is 1. The van der Waals surface area contributed by atoms with Crippen LogP contribution in [0.5, 0.6) is 11.5 Å². The maximum atomic E-state index is 7.11. The number of pyridine rings is 1. The molecule has 0 aliphatic carbocycles. The SMILES string of the molecule is CC(C)(C)C1=C(C(C)(C)C)N(c2cc(-c3ccccc3)cc(C(C)(C)c3ccccc3)c2)CN1c1cc(Oc2ccc3c4ccccc4n(-c4cc(C(C)(C)C)ccn4)c3c2)cc(-c2ccccc2)c1. The number of rotatable bonds is 9. The largest absolute Gasteiger partial charge is 0.457 e. The van der Waals surface area contributed by atoms with Gasteiger partial charge in [-0.25, -0.2) is 4.98 Å². The summed E-state index contributed by atoms with van der Waals surface area (Å²) in [5.74, 6) is 2.42. The molecule has 0 amide bonds. The van der Waals surface area contributed by atoms with Crippen LogP contribution in [-0.2, 0) is 10.8 Å². The zero-order chi connectivity index (χ0) is 49.2. The van der Waals surface area contributed by atoms with E-state index in [1.807, 2.05) is 6.20 Å². The molecular formula is C65H66N4O. The van der Waals surface area contributed by atoms with E-state index in [4.69, 9.17) is 9.72 Å². The van der Waals surface area contributed by atoms with Gasteiger partial charge in [0.2, 0.25) is 0 Å². The number of anilines is 2. The van der Waals surface area contributed by atoms with Crippen molar-refractivity contribution >= 4 is 33.2 Å². The summed E-state index contributed by atoms with van der Waals surface area (Å²) in [4.78, 5) is 10.1. The quantitative estimate of drug-likeness (QED) is 0.144. The van der Waals surface area contributed by atoms with Gasteiger partial charge in [-0.3, -0.25) is 4.57 Å². The van der Waals surface area contributed by atoms with Crippen molar-refractivity contribution < 1.29 is 4.74 Å². The maximum Gasteiger partial charge on any atom is 0.137 e. The molecule has 0 radical (unpaired) electrons. The Morgan fingerprint density at radius 1 is 0.400 bits per heavy atom. The normalized spacial score (nSPS) is 13.8. The first-order valence-electron chi connectivity index (χ1n) is 24.8. The fraction of sp³-hybridized carbons (Fsp3) is 0.246. The van der Waals surface area contributed by atoms with Gasteiger partial charge in [0.1, 0.15) is 17.3 Å². The highest BCUT2D eigenvalue weighted by Gasteiger charge is 2.42. The fourth-order valence-electron chi connectivity index (χ4n) is 10.4. The lowest BCUT2D eigenvalue weighted by molar-refractivity contribution is 0.444. The van der Waals surface area contributed by atoms with Crippen molar-refractivity contribution in [2.75, 3.05) is 16.5 Å². The Labute approximate surface area is 415 Å². The molecular weight excluding hydrogens is 853 g/mol. The van der Waals surface area contributed by atoms with Gasteiger partial charge in [-0.15, -0.1) is 0 Å². The van der Waals surface area contributed by atoms with Gasteiger partial charge in [-0.05, 0) is 99.0 Å². The van der Waals surface area contributed by atoms with Crippen molar-refractivity contribution in [2.45, 2.75) is 87.0 Å². The Bertz CT molecular complexity index is 3400. The average Bonchev–Trinajstić information content (AvgIpc) is 3.93. The molecule has 3 heterocycles. The van der Waals surface area contributed by atoms with Crippen LogP contribution in [0, 0.1) is 10.8 Å². The van der Waals surface area contributed by atoms with Crippen LogP contribution in [0.3, 0.4) is 0 Å². The molecule has 0 saturated carbocycles. The summed E-state index contributed by atoms with van der Waals surface area (Å²) in [6.07, 6.45) is 1.93. The number of benzene rings is 7. The molecule has 0 N–H and O–H groups in total. The molecule has 0 bridgehead atoms. The zero-order valence-corrected chi connectivity index (χ0v) is 42.8. The summed E-state index contributed by atoms with van der Waals surface area (Å²) >= 11 is 0. The van der Waals surface area contributed by atoms with Crippen molar-refractivity contribution in [3.8, 4) is 39.6 Å². The van der Waals surface area contributed by atoms with Gasteiger partial charge in [0.05, 0.1) is 17.7 Å². The van der Waals surface area contributed by atoms with Crippen molar-refractivity contribution in [3.05, 3.63) is 216 Å². The molecule has 10 rings (SSSR count). The van der Waals surface area contributed by atoms with Crippen LogP contribution < -0.4 is 14.5 Å². The number of ether oxygens (including phenoxy) is 1. The second-order valence-electron chi connectivity index (χ2n) is 22.7. The third-order valence-corrected chi connectivity index (χ3v) is 14.1. The minimum atomic E-state index is -0.251. The van der Waals surface area contributed by atoms with E-state index in [2.05, 4.69) is 273 Å². The topological polar surface area (TPSA) is 33.5 Å². The van der Waals surface area contributed by atoms with E-state index >= 15 is 0 Å². The molecule has 9 aromatic rings. The first-order chi connectivity index (χ1) is 33.3. The lowest BCUT2D eigenvalue weighted by atomic mass is 9.77. The summed E-state index contributed by atoms with van der Waals surface area (Å²) in [6, 6.07) is 65.9. The Kier molecular flexibility index (Phi) is 11.6. The number of nitrogens with zero attached hydrogens (tertiary/aromatic N) is 4. The van der Waals surface area contributed by atoms with E-state index in [-0.39, 0.29) is 21.7 Å². The molecule has 5 nitrogen and oxygen atoms in total. The summed E-state index contributed by atoms with van der Waals surface area (Å²) in [7, 11) is 0. The lowest BCUT2D eigenvalue weighted by Gasteiger charge is -2.35. The zero-order valence-electron chi connectivity index (χ0n) is 42.8. The van der Waals surface area contributed by atoms with Crippen molar-refractivity contribution in [1.82, 2.24) is 9.55 Å². The van der Waals surface area contributed by atoms with Crippen LogP contribution in [0.25, 0.3) is 49.9 Å². The van der Waals surface area contributed by atoms with E-state index in [1.165, 1.54) is 50.3 Å². The maximum absolute atomic E-state index is 7.11. The number of hydrogen-bond donors (Lipinski definition) is 0. The van der Waals surface area contributed by atoms with Crippen molar-refractivity contribution in [1.29, 1.82) is 0 Å². The minimum absolute atomic E-state index is 0.0251. The molecule has 0 fully saturated rings. The van der Waals surface area contributed by atoms with Crippen LogP contribution >= 0.6 is 0 Å². The molecule has 0 atom stereocenters. The summed E-state index contributed by atoms with van der Waals surface area (Å²) in [5.41, 5.74) is 14.7. The molecule has 0 unspecified atom stereocenters. The van der Waals surface area contributed by atoms with Crippen LogP contribution in [0.2, 0.25) is 0 Å². The molecule has 5 heteroatoms. The lowest BCUT2D eigenvalue weighted by Crippen LogP contribution is -2.31. The van der Waals surface area contributed by atoms with Crippen LogP contribution in [0.15, 0.2) is 200 Å². The molecule has 70 heavy (non-hydrogen) atoms. The number of allylic oxidation sites excluding steroid dienone is 2. The van der Waals surface area contributed by atoms with E-state index < -0.39 is 0 Å². The van der Waals surface area contributed by atoms with Gasteiger partial charge in [-0.1, -0.05) is 191 Å². The van der Waals surface area contributed by atoms with E-state index in [1.54, 1.807) is 0 Å². The van der Waals surface area contributed by atoms with Gasteiger partial charge >= 0.3 is 0 Å². The Morgan fingerprint density at radius 2 is 0.943 bits per heavy atom. The number of fused-ring (bicyclic) bond motifs is 3. The van der Waals surface area contributed by atoms with Gasteiger partial charge < -0.3 is 14.5 Å². The van der Waals surface area contributed by atoms with E-state index in [0.29, 0.717) is 6.67 Å². The first kappa shape index (κ1) is 46.4. The highest BCUT2D eigenvalue weighted by Crippen LogP contribution is 2.50. The van der Waals surface area contributed by atoms with Gasteiger partial charge in [0.15, 0.2) is 0 Å². The predicted molar refractivity (Wildman–Crippen MR) is 295 cm³/mol. The molecule has 2 aromatic heterocycles. The summed E-state index contributed by atoms with van der Waals surface area (Å²) < 4.78 is 9.39. The second-order valence-corrected chi connectivity index (χ2v) is 22.7. The summed E-state index contributed by atoms with van der Waals surface area (Å²) in [5, 5.41) is 2.34. The fourth-order valence-corrected chi connectivity index (χ4v) is 10.4. The Morgan fingerprint density at radius 3 is 1.54 bits per heavy atom. The molecule has 0 spiro atoms. The molecule has 0 saturated heterocycles. The Hall–Kier alpha value is -7.37. The van der Waals surface area contributed by atoms with Crippen LogP contribution in [0.4, 0.5) is 11.4 Å². The molecule has 7 aromatic carbocycles. The van der Waals surface area contributed by atoms with Gasteiger partial charge in [0, 0.05) is 68.1 Å². The molecule has 1 aliphatic heterocycles. The van der Waals surface area contributed by atoms with Crippen LogP contribution in [-0.4, -0.2) is 16.2 Å².